The molecule has 4 heteroatoms. The first-order valence-electron chi connectivity index (χ1n) is 5.58. The lowest BCUT2D eigenvalue weighted by molar-refractivity contribution is -0.131. The molecule has 0 unspecified atom stereocenters. The highest BCUT2D eigenvalue weighted by Gasteiger charge is 2.20. The Morgan fingerprint density at radius 3 is 2.57 bits per heavy atom. The second-order valence-corrected chi connectivity index (χ2v) is 4.18. The molecule has 4 nitrogen and oxygen atoms in total. The van der Waals surface area contributed by atoms with Gasteiger partial charge in [0.2, 0.25) is 5.91 Å². The van der Waals surface area contributed by atoms with Crippen molar-refractivity contribution in [1.29, 1.82) is 0 Å². The molecule has 2 saturated heterocycles. The Labute approximate surface area is 85.0 Å². The molecule has 2 rings (SSSR count). The zero-order valence-electron chi connectivity index (χ0n) is 8.59. The van der Waals surface area contributed by atoms with E-state index in [1.807, 2.05) is 4.90 Å². The van der Waals surface area contributed by atoms with Crippen molar-refractivity contribution in [3.05, 3.63) is 0 Å². The summed E-state index contributed by atoms with van der Waals surface area (Å²) < 4.78 is 0. The molecular formula is C10H19N3O. The van der Waals surface area contributed by atoms with Crippen LogP contribution in [0.15, 0.2) is 0 Å². The second kappa shape index (κ2) is 4.75. The van der Waals surface area contributed by atoms with Crippen LogP contribution in [0.1, 0.15) is 19.3 Å². The van der Waals surface area contributed by atoms with Crippen molar-refractivity contribution in [2.45, 2.75) is 25.3 Å². The van der Waals surface area contributed by atoms with Crippen LogP contribution < -0.4 is 10.6 Å². The molecule has 2 N–H and O–H groups in total. The standard InChI is InChI=1S/C10H19N3O/c14-10(8-12-9-6-11-7-9)13-4-2-1-3-5-13/h9,11-12H,1-8H2. The zero-order chi connectivity index (χ0) is 9.80. The molecule has 0 bridgehead atoms. The van der Waals surface area contributed by atoms with Crippen LogP contribution in [-0.4, -0.2) is 49.6 Å². The fourth-order valence-electron chi connectivity index (χ4n) is 1.92. The van der Waals surface area contributed by atoms with E-state index in [9.17, 15) is 4.79 Å². The predicted molar refractivity (Wildman–Crippen MR) is 55.1 cm³/mol. The number of hydrogen-bond donors (Lipinski definition) is 2. The summed E-state index contributed by atoms with van der Waals surface area (Å²) in [6.45, 7) is 4.46. The molecule has 2 aliphatic rings. The van der Waals surface area contributed by atoms with Crippen LogP contribution in [0, 0.1) is 0 Å². The Morgan fingerprint density at radius 1 is 1.29 bits per heavy atom. The van der Waals surface area contributed by atoms with E-state index in [4.69, 9.17) is 0 Å². The van der Waals surface area contributed by atoms with Gasteiger partial charge in [-0.1, -0.05) is 0 Å². The van der Waals surface area contributed by atoms with Gasteiger partial charge < -0.3 is 15.5 Å². The number of nitrogens with one attached hydrogen (secondary N) is 2. The minimum atomic E-state index is 0.275. The maximum Gasteiger partial charge on any atom is 0.236 e. The van der Waals surface area contributed by atoms with Crippen molar-refractivity contribution in [1.82, 2.24) is 15.5 Å². The van der Waals surface area contributed by atoms with Crippen molar-refractivity contribution >= 4 is 5.91 Å². The van der Waals surface area contributed by atoms with E-state index in [-0.39, 0.29) is 5.91 Å². The molecule has 0 aromatic rings. The molecule has 0 radical (unpaired) electrons. The minimum Gasteiger partial charge on any atom is -0.342 e. The van der Waals surface area contributed by atoms with Crippen LogP contribution in [0.2, 0.25) is 0 Å². The summed E-state index contributed by atoms with van der Waals surface area (Å²) in [5.41, 5.74) is 0. The van der Waals surface area contributed by atoms with Crippen molar-refractivity contribution < 1.29 is 4.79 Å². The number of piperidine rings is 1. The minimum absolute atomic E-state index is 0.275. The molecule has 0 saturated carbocycles. The van der Waals surface area contributed by atoms with Crippen LogP contribution in [0.5, 0.6) is 0 Å². The highest BCUT2D eigenvalue weighted by Crippen LogP contribution is 2.08. The van der Waals surface area contributed by atoms with E-state index in [1.165, 1.54) is 19.3 Å². The molecule has 0 aromatic heterocycles. The van der Waals surface area contributed by atoms with Gasteiger partial charge in [-0.25, -0.2) is 0 Å². The van der Waals surface area contributed by atoms with Crippen LogP contribution in [0.3, 0.4) is 0 Å². The zero-order valence-corrected chi connectivity index (χ0v) is 8.59. The Morgan fingerprint density at radius 2 is 2.00 bits per heavy atom. The Hall–Kier alpha value is -0.610. The van der Waals surface area contributed by atoms with Crippen molar-refractivity contribution in [2.24, 2.45) is 0 Å². The Kier molecular flexibility index (Phi) is 3.37. The number of likely N-dealkylation sites (tertiary alicyclic amines) is 1. The first-order valence-corrected chi connectivity index (χ1v) is 5.58. The van der Waals surface area contributed by atoms with Crippen LogP contribution in [0.25, 0.3) is 0 Å². The van der Waals surface area contributed by atoms with Gasteiger partial charge in [0.1, 0.15) is 0 Å². The molecule has 0 aliphatic carbocycles. The van der Waals surface area contributed by atoms with Gasteiger partial charge in [0.25, 0.3) is 0 Å². The molecular weight excluding hydrogens is 178 g/mol. The molecule has 0 atom stereocenters. The Bertz CT molecular complexity index is 198. The van der Waals surface area contributed by atoms with E-state index in [2.05, 4.69) is 10.6 Å². The van der Waals surface area contributed by atoms with E-state index in [1.54, 1.807) is 0 Å². The molecule has 0 aromatic carbocycles. The number of hydrogen-bond acceptors (Lipinski definition) is 3. The predicted octanol–water partition coefficient (Wildman–Crippen LogP) is -0.440. The summed E-state index contributed by atoms with van der Waals surface area (Å²) in [7, 11) is 0. The van der Waals surface area contributed by atoms with E-state index in [0.717, 1.165) is 26.2 Å². The average Bonchev–Trinajstić information content (AvgIpc) is 2.16. The van der Waals surface area contributed by atoms with Crippen LogP contribution in [-0.2, 0) is 4.79 Å². The summed E-state index contributed by atoms with van der Waals surface area (Å²) in [5, 5.41) is 6.44. The third-order valence-corrected chi connectivity index (χ3v) is 3.03. The normalized spacial score (nSPS) is 23.3. The lowest BCUT2D eigenvalue weighted by atomic mass is 10.1. The van der Waals surface area contributed by atoms with Gasteiger partial charge in [-0.15, -0.1) is 0 Å². The third kappa shape index (κ3) is 2.45. The second-order valence-electron chi connectivity index (χ2n) is 4.18. The monoisotopic (exact) mass is 197 g/mol. The van der Waals surface area contributed by atoms with Gasteiger partial charge in [-0.2, -0.15) is 0 Å². The van der Waals surface area contributed by atoms with Gasteiger partial charge in [-0.05, 0) is 19.3 Å². The SMILES string of the molecule is O=C(CNC1CNC1)N1CCCCC1. The lowest BCUT2D eigenvalue weighted by Crippen LogP contribution is -2.57. The maximum absolute atomic E-state index is 11.7. The van der Waals surface area contributed by atoms with E-state index >= 15 is 0 Å². The lowest BCUT2D eigenvalue weighted by Gasteiger charge is -2.31. The first-order chi connectivity index (χ1) is 6.86. The highest BCUT2D eigenvalue weighted by atomic mass is 16.2. The van der Waals surface area contributed by atoms with E-state index in [0.29, 0.717) is 12.6 Å². The van der Waals surface area contributed by atoms with Crippen molar-refractivity contribution in [2.75, 3.05) is 32.7 Å². The molecule has 0 spiro atoms. The number of carbonyl (C=O) groups excluding carboxylic acids is 1. The summed E-state index contributed by atoms with van der Waals surface area (Å²) >= 11 is 0. The maximum atomic E-state index is 11.7. The number of amides is 1. The molecule has 2 fully saturated rings. The van der Waals surface area contributed by atoms with Gasteiger partial charge >= 0.3 is 0 Å². The molecule has 2 heterocycles. The largest absolute Gasteiger partial charge is 0.342 e. The smallest absolute Gasteiger partial charge is 0.236 e. The summed E-state index contributed by atoms with van der Waals surface area (Å²) in [6.07, 6.45) is 3.64. The Balaban J connectivity index is 1.65. The topological polar surface area (TPSA) is 44.4 Å². The van der Waals surface area contributed by atoms with Gasteiger partial charge in [0, 0.05) is 32.2 Å². The van der Waals surface area contributed by atoms with Crippen molar-refractivity contribution in [3.8, 4) is 0 Å². The van der Waals surface area contributed by atoms with Crippen molar-refractivity contribution in [3.63, 3.8) is 0 Å². The molecule has 80 valence electrons. The molecule has 1 amide bonds. The average molecular weight is 197 g/mol. The third-order valence-electron chi connectivity index (χ3n) is 3.03. The summed E-state index contributed by atoms with van der Waals surface area (Å²) in [4.78, 5) is 13.7. The number of nitrogens with zero attached hydrogens (tertiary/aromatic N) is 1. The van der Waals surface area contributed by atoms with E-state index < -0.39 is 0 Å². The molecule has 2 aliphatic heterocycles. The first kappa shape index (κ1) is 9.93. The molecule has 14 heavy (non-hydrogen) atoms. The van der Waals surface area contributed by atoms with Gasteiger partial charge in [0.05, 0.1) is 6.54 Å². The van der Waals surface area contributed by atoms with Gasteiger partial charge in [-0.3, -0.25) is 4.79 Å². The van der Waals surface area contributed by atoms with Crippen LogP contribution >= 0.6 is 0 Å². The number of carbonyl (C=O) groups is 1. The highest BCUT2D eigenvalue weighted by molar-refractivity contribution is 5.78. The van der Waals surface area contributed by atoms with Gasteiger partial charge in [0.15, 0.2) is 0 Å². The quantitative estimate of drug-likeness (QED) is 0.645. The van der Waals surface area contributed by atoms with Crippen LogP contribution in [0.4, 0.5) is 0 Å². The number of rotatable bonds is 3. The fraction of sp³-hybridized carbons (Fsp3) is 0.900. The fourth-order valence-corrected chi connectivity index (χ4v) is 1.92. The summed E-state index contributed by atoms with van der Waals surface area (Å²) in [6, 6.07) is 0.517. The summed E-state index contributed by atoms with van der Waals surface area (Å²) in [5.74, 6) is 0.275.